The Morgan fingerprint density at radius 3 is 2.62 bits per heavy atom. The van der Waals surface area contributed by atoms with Crippen molar-refractivity contribution < 1.29 is 19.7 Å². The number of rotatable bonds is 5. The molecule has 2 aromatic rings. The van der Waals surface area contributed by atoms with E-state index in [0.717, 1.165) is 22.8 Å². The lowest BCUT2D eigenvalue weighted by Crippen LogP contribution is -1.90. The van der Waals surface area contributed by atoms with Gasteiger partial charge in [-0.05, 0) is 54.0 Å². The van der Waals surface area contributed by atoms with Crippen LogP contribution in [-0.2, 0) is 11.4 Å². The fourth-order valence-corrected chi connectivity index (χ4v) is 1.90. The van der Waals surface area contributed by atoms with Crippen LogP contribution in [0.2, 0.25) is 0 Å². The Hall–Kier alpha value is -2.59. The zero-order valence-electron chi connectivity index (χ0n) is 11.6. The summed E-state index contributed by atoms with van der Waals surface area (Å²) >= 11 is 0. The Morgan fingerprint density at radius 1 is 1.19 bits per heavy atom. The number of benzene rings is 2. The summed E-state index contributed by atoms with van der Waals surface area (Å²) in [5, 5.41) is 17.7. The van der Waals surface area contributed by atoms with Gasteiger partial charge in [-0.3, -0.25) is 0 Å². The molecular formula is C17H16O4. The van der Waals surface area contributed by atoms with Crippen molar-refractivity contribution in [3.8, 4) is 11.5 Å². The Kier molecular flexibility index (Phi) is 4.74. The minimum atomic E-state index is -0.976. The van der Waals surface area contributed by atoms with E-state index >= 15 is 0 Å². The van der Waals surface area contributed by atoms with Crippen LogP contribution in [0.4, 0.5) is 0 Å². The summed E-state index contributed by atoms with van der Waals surface area (Å²) < 4.78 is 5.73. The summed E-state index contributed by atoms with van der Waals surface area (Å²) in [4.78, 5) is 10.5. The minimum Gasteiger partial charge on any atom is -0.478 e. The third-order valence-electron chi connectivity index (χ3n) is 2.96. The number of hydrogen-bond acceptors (Lipinski definition) is 3. The van der Waals surface area contributed by atoms with Crippen LogP contribution < -0.4 is 4.74 Å². The molecule has 0 bridgehead atoms. The molecule has 108 valence electrons. The van der Waals surface area contributed by atoms with Gasteiger partial charge in [-0.1, -0.05) is 18.2 Å². The Morgan fingerprint density at radius 2 is 1.95 bits per heavy atom. The van der Waals surface area contributed by atoms with Gasteiger partial charge in [0.15, 0.2) is 0 Å². The van der Waals surface area contributed by atoms with Crippen molar-refractivity contribution in [1.82, 2.24) is 0 Å². The van der Waals surface area contributed by atoms with Gasteiger partial charge in [-0.2, -0.15) is 0 Å². The molecule has 21 heavy (non-hydrogen) atoms. The molecule has 0 aliphatic rings. The van der Waals surface area contributed by atoms with E-state index in [1.54, 1.807) is 24.3 Å². The second-order valence-electron chi connectivity index (χ2n) is 4.60. The van der Waals surface area contributed by atoms with Gasteiger partial charge >= 0.3 is 5.97 Å². The molecule has 2 rings (SSSR count). The van der Waals surface area contributed by atoms with E-state index in [-0.39, 0.29) is 6.61 Å². The van der Waals surface area contributed by atoms with Crippen molar-refractivity contribution >= 4 is 12.0 Å². The average molecular weight is 284 g/mol. The van der Waals surface area contributed by atoms with Crippen LogP contribution in [-0.4, -0.2) is 16.2 Å². The van der Waals surface area contributed by atoms with Crippen LogP contribution >= 0.6 is 0 Å². The quantitative estimate of drug-likeness (QED) is 0.826. The molecular weight excluding hydrogens is 268 g/mol. The summed E-state index contributed by atoms with van der Waals surface area (Å²) in [7, 11) is 0. The van der Waals surface area contributed by atoms with E-state index in [4.69, 9.17) is 14.9 Å². The predicted molar refractivity (Wildman–Crippen MR) is 80.3 cm³/mol. The summed E-state index contributed by atoms with van der Waals surface area (Å²) in [5.74, 6) is 0.334. The van der Waals surface area contributed by atoms with Crippen molar-refractivity contribution in [3.05, 3.63) is 65.2 Å². The van der Waals surface area contributed by atoms with Crippen LogP contribution in [0.15, 0.2) is 48.5 Å². The van der Waals surface area contributed by atoms with Crippen LogP contribution in [0.25, 0.3) is 6.08 Å². The van der Waals surface area contributed by atoms with E-state index in [9.17, 15) is 4.79 Å². The maximum Gasteiger partial charge on any atom is 0.328 e. The Bertz CT molecular complexity index is 674. The highest BCUT2D eigenvalue weighted by atomic mass is 16.5. The molecule has 0 heterocycles. The zero-order chi connectivity index (χ0) is 15.2. The normalized spacial score (nSPS) is 10.8. The standard InChI is InChI=1S/C17H16O4/c1-12-9-16(7-5-14(12)6-8-17(19)20)21-15-4-2-3-13(10-15)11-18/h2-10,18H,11H2,1H3,(H,19,20). The fourth-order valence-electron chi connectivity index (χ4n) is 1.90. The van der Waals surface area contributed by atoms with Crippen molar-refractivity contribution in [2.75, 3.05) is 0 Å². The van der Waals surface area contributed by atoms with Gasteiger partial charge in [0.1, 0.15) is 11.5 Å². The van der Waals surface area contributed by atoms with Gasteiger partial charge in [0.25, 0.3) is 0 Å². The number of aliphatic carboxylic acids is 1. The largest absolute Gasteiger partial charge is 0.478 e. The predicted octanol–water partition coefficient (Wildman–Crippen LogP) is 3.38. The van der Waals surface area contributed by atoms with Crippen molar-refractivity contribution in [2.45, 2.75) is 13.5 Å². The van der Waals surface area contributed by atoms with Gasteiger partial charge in [0.2, 0.25) is 0 Å². The molecule has 0 unspecified atom stereocenters. The van der Waals surface area contributed by atoms with E-state index in [0.29, 0.717) is 11.5 Å². The molecule has 4 heteroatoms. The van der Waals surface area contributed by atoms with Crippen molar-refractivity contribution in [2.24, 2.45) is 0 Å². The maximum atomic E-state index is 10.5. The fraction of sp³-hybridized carbons (Fsp3) is 0.118. The average Bonchev–Trinajstić information content (AvgIpc) is 2.46. The van der Waals surface area contributed by atoms with Crippen molar-refractivity contribution in [1.29, 1.82) is 0 Å². The van der Waals surface area contributed by atoms with Gasteiger partial charge in [-0.15, -0.1) is 0 Å². The third-order valence-corrected chi connectivity index (χ3v) is 2.96. The molecule has 0 amide bonds. The first kappa shape index (κ1) is 14.8. The first-order valence-electron chi connectivity index (χ1n) is 6.48. The molecule has 0 saturated heterocycles. The highest BCUT2D eigenvalue weighted by Crippen LogP contribution is 2.25. The van der Waals surface area contributed by atoms with Crippen LogP contribution in [0.1, 0.15) is 16.7 Å². The second-order valence-corrected chi connectivity index (χ2v) is 4.60. The lowest BCUT2D eigenvalue weighted by molar-refractivity contribution is -0.131. The van der Waals surface area contributed by atoms with Crippen LogP contribution in [0.5, 0.6) is 11.5 Å². The molecule has 0 aromatic heterocycles. The smallest absolute Gasteiger partial charge is 0.328 e. The molecule has 0 radical (unpaired) electrons. The molecule has 0 atom stereocenters. The number of carboxylic acid groups (broad SMARTS) is 1. The highest BCUT2D eigenvalue weighted by molar-refractivity contribution is 5.85. The van der Waals surface area contributed by atoms with E-state index in [2.05, 4.69) is 0 Å². The third kappa shape index (κ3) is 4.19. The Labute approximate surface area is 122 Å². The van der Waals surface area contributed by atoms with Gasteiger partial charge in [0, 0.05) is 6.08 Å². The lowest BCUT2D eigenvalue weighted by atomic mass is 10.1. The monoisotopic (exact) mass is 284 g/mol. The number of aryl methyl sites for hydroxylation is 1. The van der Waals surface area contributed by atoms with Gasteiger partial charge < -0.3 is 14.9 Å². The molecule has 2 N–H and O–H groups in total. The minimum absolute atomic E-state index is 0.0326. The maximum absolute atomic E-state index is 10.5. The first-order chi connectivity index (χ1) is 10.1. The number of carbonyl (C=O) groups is 1. The topological polar surface area (TPSA) is 66.8 Å². The number of aliphatic hydroxyl groups is 1. The summed E-state index contributed by atoms with van der Waals surface area (Å²) in [6.45, 7) is 1.85. The Balaban J connectivity index is 2.18. The summed E-state index contributed by atoms with van der Waals surface area (Å²) in [6, 6.07) is 12.6. The highest BCUT2D eigenvalue weighted by Gasteiger charge is 2.02. The number of hydrogen-bond donors (Lipinski definition) is 2. The number of aliphatic hydroxyl groups excluding tert-OH is 1. The number of carboxylic acids is 1. The number of ether oxygens (including phenoxy) is 1. The van der Waals surface area contributed by atoms with E-state index in [1.807, 2.05) is 31.2 Å². The molecule has 4 nitrogen and oxygen atoms in total. The molecule has 0 fully saturated rings. The molecule has 0 saturated carbocycles. The molecule has 0 aliphatic carbocycles. The zero-order valence-corrected chi connectivity index (χ0v) is 11.6. The van der Waals surface area contributed by atoms with Crippen LogP contribution in [0, 0.1) is 6.92 Å². The van der Waals surface area contributed by atoms with Crippen LogP contribution in [0.3, 0.4) is 0 Å². The first-order valence-corrected chi connectivity index (χ1v) is 6.48. The van der Waals surface area contributed by atoms with Gasteiger partial charge in [-0.25, -0.2) is 4.79 Å². The summed E-state index contributed by atoms with van der Waals surface area (Å²) in [5.41, 5.74) is 2.53. The van der Waals surface area contributed by atoms with Gasteiger partial charge in [0.05, 0.1) is 6.61 Å². The lowest BCUT2D eigenvalue weighted by Gasteiger charge is -2.09. The second kappa shape index (κ2) is 6.72. The molecule has 0 aliphatic heterocycles. The summed E-state index contributed by atoms with van der Waals surface area (Å²) in [6.07, 6.45) is 2.65. The van der Waals surface area contributed by atoms with E-state index in [1.165, 1.54) is 0 Å². The molecule has 0 spiro atoms. The SMILES string of the molecule is Cc1cc(Oc2cccc(CO)c2)ccc1C=CC(=O)O. The van der Waals surface area contributed by atoms with E-state index < -0.39 is 5.97 Å². The molecule has 2 aromatic carbocycles. The van der Waals surface area contributed by atoms with Crippen molar-refractivity contribution in [3.63, 3.8) is 0 Å².